The van der Waals surface area contributed by atoms with E-state index in [0.717, 1.165) is 24.4 Å². The van der Waals surface area contributed by atoms with Crippen molar-refractivity contribution in [3.63, 3.8) is 0 Å². The minimum Gasteiger partial charge on any atom is -0.466 e. The number of furan rings is 1. The molecule has 0 spiro atoms. The minimum atomic E-state index is -0.188. The molecule has 2 amide bonds. The fourth-order valence-electron chi connectivity index (χ4n) is 3.55. The van der Waals surface area contributed by atoms with Crippen LogP contribution in [0.15, 0.2) is 16.5 Å². The maximum absolute atomic E-state index is 12.2. The largest absolute Gasteiger partial charge is 0.466 e. The molecule has 1 N–H and O–H groups in total. The van der Waals surface area contributed by atoms with Crippen LogP contribution in [0.3, 0.4) is 0 Å². The lowest BCUT2D eigenvalue weighted by atomic mass is 10.1. The lowest BCUT2D eigenvalue weighted by Gasteiger charge is -2.23. The number of aryl methyl sites for hydroxylation is 1. The summed E-state index contributed by atoms with van der Waals surface area (Å²) < 4.78 is 5.48. The average molecular weight is 304 g/mol. The van der Waals surface area contributed by atoms with Crippen LogP contribution in [0.4, 0.5) is 0 Å². The van der Waals surface area contributed by atoms with Gasteiger partial charge in [-0.05, 0) is 31.9 Å². The first-order valence-corrected chi connectivity index (χ1v) is 8.26. The number of carbonyl (C=O) groups is 2. The molecule has 0 radical (unpaired) electrons. The Morgan fingerprint density at radius 2 is 2.14 bits per heavy atom. The van der Waals surface area contributed by atoms with Gasteiger partial charge in [0.15, 0.2) is 0 Å². The van der Waals surface area contributed by atoms with Gasteiger partial charge in [-0.25, -0.2) is 0 Å². The predicted molar refractivity (Wildman–Crippen MR) is 82.2 cm³/mol. The highest BCUT2D eigenvalue weighted by atomic mass is 16.3. The van der Waals surface area contributed by atoms with Crippen LogP contribution in [0.25, 0.3) is 0 Å². The first kappa shape index (κ1) is 15.1. The third-order valence-electron chi connectivity index (χ3n) is 4.76. The van der Waals surface area contributed by atoms with Gasteiger partial charge in [0.2, 0.25) is 11.8 Å². The third kappa shape index (κ3) is 3.34. The molecule has 2 aliphatic rings. The molecule has 1 atom stereocenters. The molecule has 1 saturated heterocycles. The van der Waals surface area contributed by atoms with Crippen LogP contribution >= 0.6 is 0 Å². The fourth-order valence-corrected chi connectivity index (χ4v) is 3.55. The molecule has 2 heterocycles. The summed E-state index contributed by atoms with van der Waals surface area (Å²) >= 11 is 0. The van der Waals surface area contributed by atoms with Gasteiger partial charge < -0.3 is 14.6 Å². The van der Waals surface area contributed by atoms with Gasteiger partial charge in [-0.1, -0.05) is 12.8 Å². The van der Waals surface area contributed by atoms with E-state index >= 15 is 0 Å². The van der Waals surface area contributed by atoms with Crippen LogP contribution < -0.4 is 5.32 Å². The van der Waals surface area contributed by atoms with Crippen molar-refractivity contribution in [2.45, 2.75) is 51.5 Å². The van der Waals surface area contributed by atoms with Crippen molar-refractivity contribution in [2.75, 3.05) is 13.1 Å². The standard InChI is InChI=1S/C17H24N2O3/c1-12-6-7-15(22-12)8-9-18-17(21)13-10-16(20)19(11-13)14-4-2-3-5-14/h6-7,13-14H,2-5,8-11H2,1H3,(H,18,21)/t13-/m1/s1. The molecule has 3 rings (SSSR count). The Morgan fingerprint density at radius 1 is 1.36 bits per heavy atom. The summed E-state index contributed by atoms with van der Waals surface area (Å²) in [6.07, 6.45) is 5.65. The number of nitrogens with zero attached hydrogens (tertiary/aromatic N) is 1. The molecular formula is C17H24N2O3. The van der Waals surface area contributed by atoms with E-state index in [-0.39, 0.29) is 17.7 Å². The molecular weight excluding hydrogens is 280 g/mol. The van der Waals surface area contributed by atoms with Crippen LogP contribution in [-0.4, -0.2) is 35.8 Å². The normalized spacial score (nSPS) is 22.5. The van der Waals surface area contributed by atoms with Gasteiger partial charge in [0.25, 0.3) is 0 Å². The van der Waals surface area contributed by atoms with Gasteiger partial charge >= 0.3 is 0 Å². The summed E-state index contributed by atoms with van der Waals surface area (Å²) in [5.41, 5.74) is 0. The number of hydrogen-bond donors (Lipinski definition) is 1. The highest BCUT2D eigenvalue weighted by Gasteiger charge is 2.38. The van der Waals surface area contributed by atoms with Gasteiger partial charge in [-0.15, -0.1) is 0 Å². The molecule has 5 heteroatoms. The van der Waals surface area contributed by atoms with Crippen LogP contribution in [0, 0.1) is 12.8 Å². The van der Waals surface area contributed by atoms with Crippen LogP contribution in [0.1, 0.15) is 43.6 Å². The van der Waals surface area contributed by atoms with Gasteiger partial charge in [0.1, 0.15) is 11.5 Å². The van der Waals surface area contributed by atoms with E-state index < -0.39 is 0 Å². The zero-order chi connectivity index (χ0) is 15.5. The van der Waals surface area contributed by atoms with E-state index in [4.69, 9.17) is 4.42 Å². The summed E-state index contributed by atoms with van der Waals surface area (Å²) in [5.74, 6) is 1.72. The molecule has 1 aromatic rings. The molecule has 0 bridgehead atoms. The van der Waals surface area contributed by atoms with Gasteiger partial charge in [0, 0.05) is 32.0 Å². The van der Waals surface area contributed by atoms with Crippen LogP contribution in [-0.2, 0) is 16.0 Å². The smallest absolute Gasteiger partial charge is 0.225 e. The Morgan fingerprint density at radius 3 is 2.82 bits per heavy atom. The number of rotatable bonds is 5. The lowest BCUT2D eigenvalue weighted by Crippen LogP contribution is -2.37. The van der Waals surface area contributed by atoms with Crippen LogP contribution in [0.5, 0.6) is 0 Å². The summed E-state index contributed by atoms with van der Waals surface area (Å²) in [7, 11) is 0. The first-order chi connectivity index (χ1) is 10.6. The Labute approximate surface area is 131 Å². The lowest BCUT2D eigenvalue weighted by molar-refractivity contribution is -0.130. The average Bonchev–Trinajstić information content (AvgIpc) is 3.19. The molecule has 0 unspecified atom stereocenters. The van der Waals surface area contributed by atoms with E-state index in [2.05, 4.69) is 5.32 Å². The quantitative estimate of drug-likeness (QED) is 0.905. The van der Waals surface area contributed by atoms with Crippen molar-refractivity contribution in [1.29, 1.82) is 0 Å². The molecule has 1 aromatic heterocycles. The molecule has 1 aliphatic carbocycles. The molecule has 5 nitrogen and oxygen atoms in total. The first-order valence-electron chi connectivity index (χ1n) is 8.26. The number of hydrogen-bond acceptors (Lipinski definition) is 3. The number of nitrogens with one attached hydrogen (secondary N) is 1. The van der Waals surface area contributed by atoms with Crippen molar-refractivity contribution in [3.05, 3.63) is 23.7 Å². The minimum absolute atomic E-state index is 0.00266. The Bertz CT molecular complexity index is 546. The Balaban J connectivity index is 1.45. The van der Waals surface area contributed by atoms with E-state index in [0.29, 0.717) is 32.0 Å². The number of carbonyl (C=O) groups excluding carboxylic acids is 2. The summed E-state index contributed by atoms with van der Waals surface area (Å²) in [4.78, 5) is 26.3. The monoisotopic (exact) mass is 304 g/mol. The summed E-state index contributed by atoms with van der Waals surface area (Å²) in [5, 5.41) is 2.94. The second kappa shape index (κ2) is 6.55. The van der Waals surface area contributed by atoms with E-state index in [1.165, 1.54) is 12.8 Å². The van der Waals surface area contributed by atoms with Crippen molar-refractivity contribution in [3.8, 4) is 0 Å². The van der Waals surface area contributed by atoms with Gasteiger partial charge in [-0.2, -0.15) is 0 Å². The molecule has 1 aliphatic heterocycles. The van der Waals surface area contributed by atoms with E-state index in [1.54, 1.807) is 0 Å². The highest BCUT2D eigenvalue weighted by Crippen LogP contribution is 2.29. The second-order valence-corrected chi connectivity index (χ2v) is 6.44. The molecule has 22 heavy (non-hydrogen) atoms. The van der Waals surface area contributed by atoms with E-state index in [1.807, 2.05) is 24.0 Å². The third-order valence-corrected chi connectivity index (χ3v) is 4.76. The molecule has 2 fully saturated rings. The van der Waals surface area contributed by atoms with E-state index in [9.17, 15) is 9.59 Å². The summed E-state index contributed by atoms with van der Waals surface area (Å²) in [6.45, 7) is 3.05. The molecule has 1 saturated carbocycles. The summed E-state index contributed by atoms with van der Waals surface area (Å²) in [6, 6.07) is 4.23. The Kier molecular flexibility index (Phi) is 4.50. The van der Waals surface area contributed by atoms with Gasteiger partial charge in [-0.3, -0.25) is 9.59 Å². The fraction of sp³-hybridized carbons (Fsp3) is 0.647. The molecule has 120 valence electrons. The van der Waals surface area contributed by atoms with Crippen LogP contribution in [0.2, 0.25) is 0 Å². The zero-order valence-corrected chi connectivity index (χ0v) is 13.1. The second-order valence-electron chi connectivity index (χ2n) is 6.44. The topological polar surface area (TPSA) is 62.6 Å². The number of likely N-dealkylation sites (tertiary alicyclic amines) is 1. The maximum Gasteiger partial charge on any atom is 0.225 e. The molecule has 0 aromatic carbocycles. The van der Waals surface area contributed by atoms with Crippen molar-refractivity contribution >= 4 is 11.8 Å². The van der Waals surface area contributed by atoms with Gasteiger partial charge in [0.05, 0.1) is 5.92 Å². The Hall–Kier alpha value is -1.78. The zero-order valence-electron chi connectivity index (χ0n) is 13.1. The highest BCUT2D eigenvalue weighted by molar-refractivity contribution is 5.89. The SMILES string of the molecule is Cc1ccc(CCNC(=O)[C@@H]2CC(=O)N(C3CCCC3)C2)o1. The van der Waals surface area contributed by atoms with Crippen molar-refractivity contribution in [1.82, 2.24) is 10.2 Å². The van der Waals surface area contributed by atoms with Crippen molar-refractivity contribution < 1.29 is 14.0 Å². The number of amides is 2. The van der Waals surface area contributed by atoms with Crippen molar-refractivity contribution in [2.24, 2.45) is 5.92 Å². The maximum atomic E-state index is 12.2. The predicted octanol–water partition coefficient (Wildman–Crippen LogP) is 2.04.